The third kappa shape index (κ3) is 0.742. The lowest BCUT2D eigenvalue weighted by Crippen LogP contribution is -1.89. The highest BCUT2D eigenvalue weighted by Crippen LogP contribution is 2.25. The van der Waals surface area contributed by atoms with Gasteiger partial charge in [-0.1, -0.05) is 0 Å². The Kier molecular flexibility index (Phi) is 1.04. The van der Waals surface area contributed by atoms with E-state index in [1.54, 1.807) is 0 Å². The number of rotatable bonds is 0. The molecular formula is C6H5NO3S. The summed E-state index contributed by atoms with van der Waals surface area (Å²) in [5.74, 6) is -0.394. The molecule has 0 saturated heterocycles. The summed E-state index contributed by atoms with van der Waals surface area (Å²) in [6, 6.07) is 1.52. The van der Waals surface area contributed by atoms with E-state index in [9.17, 15) is 9.00 Å². The average Bonchev–Trinajstić information content (AvgIpc) is 2.37. The minimum Gasteiger partial charge on any atom is -0.458 e. The van der Waals surface area contributed by atoms with Crippen molar-refractivity contribution in [3.63, 3.8) is 0 Å². The lowest BCUT2D eigenvalue weighted by atomic mass is 10.4. The second-order valence-electron chi connectivity index (χ2n) is 2.31. The molecule has 4 nitrogen and oxygen atoms in total. The molecule has 0 N–H and O–H groups in total. The number of carbonyl (C=O) groups excluding carboxylic acids is 1. The summed E-state index contributed by atoms with van der Waals surface area (Å²) in [5, 5.41) is 0. The van der Waals surface area contributed by atoms with E-state index in [1.807, 2.05) is 0 Å². The lowest BCUT2D eigenvalue weighted by Gasteiger charge is -1.88. The maximum Gasteiger partial charge on any atom is 0.322 e. The van der Waals surface area contributed by atoms with Crippen molar-refractivity contribution >= 4 is 15.6 Å². The van der Waals surface area contributed by atoms with Gasteiger partial charge in [-0.25, -0.2) is 4.21 Å². The van der Waals surface area contributed by atoms with Crippen LogP contribution < -0.4 is 0 Å². The first-order valence-corrected chi connectivity index (χ1v) is 4.87. The molecular weight excluding hydrogens is 166 g/mol. The molecule has 1 unspecified atom stereocenters. The van der Waals surface area contributed by atoms with Crippen molar-refractivity contribution in [2.24, 2.45) is 4.36 Å². The van der Waals surface area contributed by atoms with Crippen LogP contribution in [0.3, 0.4) is 0 Å². The summed E-state index contributed by atoms with van der Waals surface area (Å²) >= 11 is 0. The highest BCUT2D eigenvalue weighted by atomic mass is 32.2. The zero-order chi connectivity index (χ0) is 8.06. The van der Waals surface area contributed by atoms with E-state index in [2.05, 4.69) is 4.36 Å². The molecule has 2 rings (SSSR count). The van der Waals surface area contributed by atoms with Crippen LogP contribution in [0.4, 0.5) is 0 Å². The first-order chi connectivity index (χ1) is 5.11. The second-order valence-corrected chi connectivity index (χ2v) is 4.54. The molecule has 58 valence electrons. The SMILES string of the molecule is CS1(=O)=NC(=O)c2occc21. The Morgan fingerprint density at radius 2 is 2.36 bits per heavy atom. The fraction of sp³-hybridized carbons (Fsp3) is 0.167. The number of furan rings is 1. The van der Waals surface area contributed by atoms with Gasteiger partial charge in [-0.05, 0) is 6.07 Å². The molecule has 1 amide bonds. The molecule has 0 fully saturated rings. The van der Waals surface area contributed by atoms with Crippen LogP contribution in [0.25, 0.3) is 0 Å². The van der Waals surface area contributed by atoms with Gasteiger partial charge >= 0.3 is 5.91 Å². The predicted molar refractivity (Wildman–Crippen MR) is 37.8 cm³/mol. The van der Waals surface area contributed by atoms with Gasteiger partial charge in [0.05, 0.1) is 20.9 Å². The molecule has 0 saturated carbocycles. The monoisotopic (exact) mass is 171 g/mol. The maximum atomic E-state index is 11.4. The van der Waals surface area contributed by atoms with Crippen molar-refractivity contribution in [3.05, 3.63) is 18.1 Å². The van der Waals surface area contributed by atoms with Crippen LogP contribution in [0.1, 0.15) is 10.6 Å². The lowest BCUT2D eigenvalue weighted by molar-refractivity contribution is 0.0979. The minimum atomic E-state index is -2.48. The molecule has 1 aliphatic heterocycles. The summed E-state index contributed by atoms with van der Waals surface area (Å²) in [6.07, 6.45) is 2.77. The zero-order valence-electron chi connectivity index (χ0n) is 5.73. The van der Waals surface area contributed by atoms with Crippen LogP contribution in [0, 0.1) is 0 Å². The van der Waals surface area contributed by atoms with E-state index in [1.165, 1.54) is 18.6 Å². The average molecular weight is 171 g/mol. The van der Waals surface area contributed by atoms with Gasteiger partial charge in [-0.3, -0.25) is 4.79 Å². The first-order valence-electron chi connectivity index (χ1n) is 2.95. The molecule has 0 spiro atoms. The smallest absolute Gasteiger partial charge is 0.322 e. The Morgan fingerprint density at radius 1 is 1.64 bits per heavy atom. The molecule has 0 bridgehead atoms. The van der Waals surface area contributed by atoms with Gasteiger partial charge in [0.1, 0.15) is 0 Å². The van der Waals surface area contributed by atoms with Crippen LogP contribution in [0.2, 0.25) is 0 Å². The Hall–Kier alpha value is -1.10. The Bertz CT molecular complexity index is 436. The molecule has 0 aliphatic carbocycles. The molecule has 11 heavy (non-hydrogen) atoms. The van der Waals surface area contributed by atoms with Crippen LogP contribution in [0.15, 0.2) is 26.0 Å². The zero-order valence-corrected chi connectivity index (χ0v) is 6.55. The Balaban J connectivity index is 2.89. The van der Waals surface area contributed by atoms with Crippen molar-refractivity contribution in [1.82, 2.24) is 0 Å². The minimum absolute atomic E-state index is 0.123. The van der Waals surface area contributed by atoms with Crippen molar-refractivity contribution in [1.29, 1.82) is 0 Å². The van der Waals surface area contributed by atoms with Gasteiger partial charge in [0.25, 0.3) is 0 Å². The number of carbonyl (C=O) groups is 1. The highest BCUT2D eigenvalue weighted by Gasteiger charge is 2.28. The normalized spacial score (nSPS) is 28.3. The van der Waals surface area contributed by atoms with Crippen LogP contribution in [-0.4, -0.2) is 16.4 Å². The predicted octanol–water partition coefficient (Wildman–Crippen LogP) is 0.890. The molecule has 5 heteroatoms. The fourth-order valence-electron chi connectivity index (χ4n) is 1.00. The summed E-state index contributed by atoms with van der Waals surface area (Å²) in [4.78, 5) is 11.3. The summed E-state index contributed by atoms with van der Waals surface area (Å²) in [7, 11) is -2.48. The van der Waals surface area contributed by atoms with Crippen molar-refractivity contribution in [2.75, 3.05) is 6.26 Å². The highest BCUT2D eigenvalue weighted by molar-refractivity contribution is 7.93. The molecule has 1 aliphatic rings. The van der Waals surface area contributed by atoms with E-state index >= 15 is 0 Å². The van der Waals surface area contributed by atoms with Crippen molar-refractivity contribution in [2.45, 2.75) is 4.90 Å². The van der Waals surface area contributed by atoms with Crippen LogP contribution in [0.5, 0.6) is 0 Å². The molecule has 1 aromatic rings. The van der Waals surface area contributed by atoms with Gasteiger partial charge in [-0.2, -0.15) is 4.36 Å². The third-order valence-corrected chi connectivity index (χ3v) is 3.14. The van der Waals surface area contributed by atoms with Gasteiger partial charge in [0, 0.05) is 6.26 Å². The topological polar surface area (TPSA) is 59.6 Å². The van der Waals surface area contributed by atoms with Crippen LogP contribution in [-0.2, 0) is 9.73 Å². The molecule has 0 aromatic carbocycles. The van der Waals surface area contributed by atoms with Gasteiger partial charge in [0.2, 0.25) is 5.76 Å². The quantitative estimate of drug-likeness (QED) is 0.582. The molecule has 2 heterocycles. The Morgan fingerprint density at radius 3 is 3.00 bits per heavy atom. The Labute approximate surface area is 63.4 Å². The summed E-state index contributed by atoms with van der Waals surface area (Å²) < 4.78 is 19.7. The van der Waals surface area contributed by atoms with E-state index < -0.39 is 15.6 Å². The number of nitrogens with zero attached hydrogens (tertiary/aromatic N) is 1. The van der Waals surface area contributed by atoms with E-state index in [-0.39, 0.29) is 5.76 Å². The third-order valence-electron chi connectivity index (χ3n) is 1.49. The first kappa shape index (κ1) is 6.60. The van der Waals surface area contributed by atoms with E-state index in [0.29, 0.717) is 4.90 Å². The number of hydrogen-bond acceptors (Lipinski definition) is 3. The molecule has 1 atom stereocenters. The van der Waals surface area contributed by atoms with Gasteiger partial charge in [0.15, 0.2) is 0 Å². The number of fused-ring (bicyclic) bond motifs is 1. The maximum absolute atomic E-state index is 11.4. The second kappa shape index (κ2) is 1.73. The van der Waals surface area contributed by atoms with E-state index in [4.69, 9.17) is 4.42 Å². The van der Waals surface area contributed by atoms with Crippen molar-refractivity contribution < 1.29 is 13.4 Å². The molecule has 1 aromatic heterocycles. The summed E-state index contributed by atoms with van der Waals surface area (Å²) in [5.41, 5.74) is 0. The molecule has 0 radical (unpaired) electrons. The fourth-order valence-corrected chi connectivity index (χ4v) is 2.29. The van der Waals surface area contributed by atoms with Crippen molar-refractivity contribution in [3.8, 4) is 0 Å². The summed E-state index contributed by atoms with van der Waals surface area (Å²) in [6.45, 7) is 0. The standard InChI is InChI=1S/C6H5NO3S/c1-11(9)4-2-3-10-5(4)6(8)7-11/h2-3H,1H3. The van der Waals surface area contributed by atoms with Crippen LogP contribution >= 0.6 is 0 Å². The van der Waals surface area contributed by atoms with Gasteiger partial charge in [-0.15, -0.1) is 0 Å². The number of amides is 1. The van der Waals surface area contributed by atoms with E-state index in [0.717, 1.165) is 0 Å². The number of hydrogen-bond donors (Lipinski definition) is 0. The van der Waals surface area contributed by atoms with Gasteiger partial charge < -0.3 is 4.42 Å². The largest absolute Gasteiger partial charge is 0.458 e.